The quantitative estimate of drug-likeness (QED) is 0.672. The van der Waals surface area contributed by atoms with Gasteiger partial charge >= 0.3 is 0 Å². The molecule has 2 unspecified atom stereocenters. The molecule has 0 radical (unpaired) electrons. The first-order valence-electron chi connectivity index (χ1n) is 5.37. The van der Waals surface area contributed by atoms with Crippen molar-refractivity contribution >= 4 is 19.9 Å². The lowest BCUT2D eigenvalue weighted by atomic mass is 10.3. The zero-order valence-electron chi connectivity index (χ0n) is 10.0. The summed E-state index contributed by atoms with van der Waals surface area (Å²) in [6, 6.07) is 0. The first-order valence-corrected chi connectivity index (χ1v) is 8.53. The second-order valence-corrected chi connectivity index (χ2v) is 9.58. The summed E-state index contributed by atoms with van der Waals surface area (Å²) < 4.78 is 0. The van der Waals surface area contributed by atoms with Crippen molar-refractivity contribution in [3.05, 3.63) is 0 Å². The van der Waals surface area contributed by atoms with Crippen LogP contribution in [0.1, 0.15) is 26.7 Å². The van der Waals surface area contributed by atoms with Crippen molar-refractivity contribution in [2.24, 2.45) is 11.5 Å². The van der Waals surface area contributed by atoms with Gasteiger partial charge in [0, 0.05) is 11.1 Å². The third-order valence-corrected chi connectivity index (χ3v) is 8.28. The fourth-order valence-electron chi connectivity index (χ4n) is 2.43. The second-order valence-electron chi connectivity index (χ2n) is 4.55. The number of carbonyl (C=O) groups excluding carboxylic acids is 2. The molecular formula is C10H22N2O2Si. The van der Waals surface area contributed by atoms with E-state index in [1.54, 1.807) is 0 Å². The molecule has 2 atom stereocenters. The number of nitrogens with two attached hydrogens (primary N) is 2. The lowest BCUT2D eigenvalue weighted by Crippen LogP contribution is -2.48. The Balaban J connectivity index is 5.05. The van der Waals surface area contributed by atoms with E-state index in [2.05, 4.69) is 0 Å². The highest BCUT2D eigenvalue weighted by atomic mass is 28.3. The molecule has 2 amide bonds. The summed E-state index contributed by atoms with van der Waals surface area (Å²) in [5, 5.41) is 0. The summed E-state index contributed by atoms with van der Waals surface area (Å²) in [7, 11) is -2.04. The Labute approximate surface area is 92.4 Å². The SMILES string of the molecule is CCC(C(N)=O)[Si](C)(C)C(CC)C(N)=O. The molecule has 0 bridgehead atoms. The summed E-state index contributed by atoms with van der Waals surface area (Å²) in [6.45, 7) is 7.89. The fourth-order valence-corrected chi connectivity index (χ4v) is 6.49. The van der Waals surface area contributed by atoms with E-state index < -0.39 is 8.07 Å². The van der Waals surface area contributed by atoms with Crippen molar-refractivity contribution in [1.82, 2.24) is 0 Å². The van der Waals surface area contributed by atoms with Crippen LogP contribution < -0.4 is 11.5 Å². The summed E-state index contributed by atoms with van der Waals surface area (Å²) in [4.78, 5) is 22.7. The van der Waals surface area contributed by atoms with E-state index >= 15 is 0 Å². The molecule has 0 saturated heterocycles. The van der Waals surface area contributed by atoms with Crippen LogP contribution in [0.2, 0.25) is 24.2 Å². The van der Waals surface area contributed by atoms with E-state index in [0.29, 0.717) is 12.8 Å². The van der Waals surface area contributed by atoms with Gasteiger partial charge in [-0.15, -0.1) is 0 Å². The highest BCUT2D eigenvalue weighted by Crippen LogP contribution is 2.36. The molecule has 0 aromatic heterocycles. The third-order valence-electron chi connectivity index (χ3n) is 3.30. The molecule has 0 spiro atoms. The van der Waals surface area contributed by atoms with Crippen LogP contribution in [0.4, 0.5) is 0 Å². The van der Waals surface area contributed by atoms with Gasteiger partial charge in [-0.05, 0) is 12.8 Å². The van der Waals surface area contributed by atoms with Crippen molar-refractivity contribution in [2.45, 2.75) is 50.9 Å². The van der Waals surface area contributed by atoms with Crippen LogP contribution in [0, 0.1) is 0 Å². The third kappa shape index (κ3) is 3.05. The highest BCUT2D eigenvalue weighted by molar-refractivity contribution is 6.85. The van der Waals surface area contributed by atoms with E-state index in [1.165, 1.54) is 0 Å². The van der Waals surface area contributed by atoms with Crippen LogP contribution in [-0.2, 0) is 9.59 Å². The molecule has 0 aromatic rings. The molecule has 4 nitrogen and oxygen atoms in total. The molecule has 88 valence electrons. The van der Waals surface area contributed by atoms with Gasteiger partial charge in [0.15, 0.2) is 0 Å². The topological polar surface area (TPSA) is 86.2 Å². The molecular weight excluding hydrogens is 208 g/mol. The van der Waals surface area contributed by atoms with Crippen LogP contribution in [0.15, 0.2) is 0 Å². The molecule has 15 heavy (non-hydrogen) atoms. The molecule has 0 aliphatic rings. The molecule has 0 aliphatic carbocycles. The average molecular weight is 230 g/mol. The Morgan fingerprint density at radius 3 is 1.40 bits per heavy atom. The maximum atomic E-state index is 11.3. The van der Waals surface area contributed by atoms with Gasteiger partial charge in [-0.3, -0.25) is 9.59 Å². The minimum absolute atomic E-state index is 0.171. The van der Waals surface area contributed by atoms with Crippen molar-refractivity contribution in [3.63, 3.8) is 0 Å². The van der Waals surface area contributed by atoms with E-state index in [1.807, 2.05) is 26.9 Å². The zero-order valence-corrected chi connectivity index (χ0v) is 11.0. The monoisotopic (exact) mass is 230 g/mol. The van der Waals surface area contributed by atoms with Gasteiger partial charge in [-0.1, -0.05) is 26.9 Å². The van der Waals surface area contributed by atoms with Crippen LogP contribution in [-0.4, -0.2) is 19.9 Å². The van der Waals surface area contributed by atoms with Crippen LogP contribution >= 0.6 is 0 Å². The molecule has 0 aromatic carbocycles. The Hall–Kier alpha value is -0.843. The maximum absolute atomic E-state index is 11.3. The van der Waals surface area contributed by atoms with Gasteiger partial charge < -0.3 is 11.5 Å². The van der Waals surface area contributed by atoms with Crippen LogP contribution in [0.25, 0.3) is 0 Å². The molecule has 0 fully saturated rings. The number of rotatable bonds is 6. The molecule has 0 rings (SSSR count). The van der Waals surface area contributed by atoms with Gasteiger partial charge in [-0.25, -0.2) is 0 Å². The largest absolute Gasteiger partial charge is 0.370 e. The number of amides is 2. The van der Waals surface area contributed by atoms with Gasteiger partial charge in [-0.2, -0.15) is 0 Å². The molecule has 0 heterocycles. The number of carbonyl (C=O) groups is 2. The molecule has 0 saturated carbocycles. The predicted molar refractivity (Wildman–Crippen MR) is 64.0 cm³/mol. The zero-order chi connectivity index (χ0) is 12.2. The number of hydrogen-bond donors (Lipinski definition) is 2. The smallest absolute Gasteiger partial charge is 0.217 e. The van der Waals surface area contributed by atoms with Gasteiger partial charge in [0.1, 0.15) is 0 Å². The summed E-state index contributed by atoms with van der Waals surface area (Å²) in [5.41, 5.74) is 10.4. The molecule has 4 N–H and O–H groups in total. The van der Waals surface area contributed by atoms with Crippen LogP contribution in [0.3, 0.4) is 0 Å². The summed E-state index contributed by atoms with van der Waals surface area (Å²) in [6.07, 6.45) is 1.39. The van der Waals surface area contributed by atoms with Gasteiger partial charge in [0.25, 0.3) is 0 Å². The van der Waals surface area contributed by atoms with E-state index in [9.17, 15) is 9.59 Å². The summed E-state index contributed by atoms with van der Waals surface area (Å²) >= 11 is 0. The van der Waals surface area contributed by atoms with Crippen molar-refractivity contribution in [1.29, 1.82) is 0 Å². The second kappa shape index (κ2) is 5.30. The lowest BCUT2D eigenvalue weighted by molar-refractivity contribution is -0.118. The van der Waals surface area contributed by atoms with E-state index in [0.717, 1.165) is 0 Å². The molecule has 5 heteroatoms. The Morgan fingerprint density at radius 2 is 1.27 bits per heavy atom. The minimum atomic E-state index is -2.04. The number of hydrogen-bond acceptors (Lipinski definition) is 2. The molecule has 0 aliphatic heterocycles. The van der Waals surface area contributed by atoms with Gasteiger partial charge in [0.2, 0.25) is 11.8 Å². The van der Waals surface area contributed by atoms with E-state index in [-0.39, 0.29) is 22.9 Å². The minimum Gasteiger partial charge on any atom is -0.370 e. The normalized spacial score (nSPS) is 15.7. The lowest BCUT2D eigenvalue weighted by Gasteiger charge is -2.35. The maximum Gasteiger partial charge on any atom is 0.217 e. The van der Waals surface area contributed by atoms with Crippen molar-refractivity contribution in [3.8, 4) is 0 Å². The fraction of sp³-hybridized carbons (Fsp3) is 0.800. The average Bonchev–Trinajstić information content (AvgIpc) is 2.02. The van der Waals surface area contributed by atoms with Crippen LogP contribution in [0.5, 0.6) is 0 Å². The predicted octanol–water partition coefficient (Wildman–Crippen LogP) is 1.23. The van der Waals surface area contributed by atoms with Crippen molar-refractivity contribution < 1.29 is 9.59 Å². The Bertz CT molecular complexity index is 230. The van der Waals surface area contributed by atoms with E-state index in [4.69, 9.17) is 11.5 Å². The van der Waals surface area contributed by atoms with Gasteiger partial charge in [0.05, 0.1) is 8.07 Å². The Kier molecular flexibility index (Phi) is 5.00. The van der Waals surface area contributed by atoms with Crippen molar-refractivity contribution in [2.75, 3.05) is 0 Å². The Morgan fingerprint density at radius 1 is 1.00 bits per heavy atom. The summed E-state index contributed by atoms with van der Waals surface area (Å²) in [5.74, 6) is -0.595. The number of primary amides is 2. The first kappa shape index (κ1) is 14.2. The standard InChI is InChI=1S/C10H22N2O2Si/c1-5-7(9(11)13)15(3,4)8(6-2)10(12)14/h7-8H,5-6H2,1-4H3,(H2,11,13)(H2,12,14). The first-order chi connectivity index (χ1) is 6.78. The highest BCUT2D eigenvalue weighted by Gasteiger charge is 2.43.